The van der Waals surface area contributed by atoms with E-state index in [1.54, 1.807) is 0 Å². The van der Waals surface area contributed by atoms with E-state index in [9.17, 15) is 4.79 Å². The van der Waals surface area contributed by atoms with Gasteiger partial charge < -0.3 is 15.1 Å². The van der Waals surface area contributed by atoms with Crippen LogP contribution in [0.3, 0.4) is 0 Å². The van der Waals surface area contributed by atoms with Crippen molar-refractivity contribution in [1.82, 2.24) is 0 Å². The minimum absolute atomic E-state index is 0.108. The fourth-order valence-corrected chi connectivity index (χ4v) is 1.29. The van der Waals surface area contributed by atoms with E-state index in [1.165, 1.54) is 6.08 Å². The van der Waals surface area contributed by atoms with Gasteiger partial charge in [0.25, 0.3) is 0 Å². The van der Waals surface area contributed by atoms with Gasteiger partial charge in [0.05, 0.1) is 6.61 Å². The summed E-state index contributed by atoms with van der Waals surface area (Å²) in [7, 11) is 1.89. The van der Waals surface area contributed by atoms with Gasteiger partial charge >= 0.3 is 5.97 Å². The number of hydrogen-bond donors (Lipinski definition) is 2. The smallest absolute Gasteiger partial charge is 0.328 e. The van der Waals surface area contributed by atoms with Crippen LogP contribution in [0.5, 0.6) is 0 Å². The molecule has 1 aromatic carbocycles. The van der Waals surface area contributed by atoms with Gasteiger partial charge in [-0.1, -0.05) is 12.1 Å². The van der Waals surface area contributed by atoms with Crippen molar-refractivity contribution in [2.45, 2.75) is 0 Å². The number of benzene rings is 1. The number of carbonyl (C=O) groups is 1. The molecule has 0 saturated carbocycles. The number of nitrogens with zero attached hydrogens (tertiary/aromatic N) is 1. The quantitative estimate of drug-likeness (QED) is 0.734. The Morgan fingerprint density at radius 3 is 2.50 bits per heavy atom. The Hall–Kier alpha value is -1.81. The molecule has 0 aliphatic heterocycles. The third-order valence-electron chi connectivity index (χ3n) is 2.19. The molecular weight excluding hydrogens is 206 g/mol. The van der Waals surface area contributed by atoms with Crippen molar-refractivity contribution in [2.75, 3.05) is 25.1 Å². The summed E-state index contributed by atoms with van der Waals surface area (Å²) in [4.78, 5) is 12.2. The summed E-state index contributed by atoms with van der Waals surface area (Å²) >= 11 is 0. The summed E-state index contributed by atoms with van der Waals surface area (Å²) in [6.45, 7) is 0.682. The Kier molecular flexibility index (Phi) is 4.54. The molecule has 0 spiro atoms. The van der Waals surface area contributed by atoms with Crippen LogP contribution < -0.4 is 4.90 Å². The molecule has 0 heterocycles. The molecule has 86 valence electrons. The van der Waals surface area contributed by atoms with Crippen LogP contribution in [0.25, 0.3) is 6.08 Å². The minimum Gasteiger partial charge on any atom is -0.478 e. The van der Waals surface area contributed by atoms with Crippen molar-refractivity contribution in [3.8, 4) is 0 Å². The number of likely N-dealkylation sites (N-methyl/N-ethyl adjacent to an activating group) is 1. The maximum Gasteiger partial charge on any atom is 0.328 e. The highest BCUT2D eigenvalue weighted by Gasteiger charge is 1.98. The standard InChI is InChI=1S/C12H15NO3/c1-13(8-9-14)11-5-2-10(3-6-11)4-7-12(15)16/h2-7,14H,8-9H2,1H3,(H,15,16). The lowest BCUT2D eigenvalue weighted by atomic mass is 10.2. The molecule has 4 heteroatoms. The number of aliphatic hydroxyl groups excluding tert-OH is 1. The van der Waals surface area contributed by atoms with Gasteiger partial charge in [-0.25, -0.2) is 4.79 Å². The Balaban J connectivity index is 2.71. The third kappa shape index (κ3) is 3.74. The summed E-state index contributed by atoms with van der Waals surface area (Å²) in [5.41, 5.74) is 1.82. The number of aliphatic carboxylic acids is 1. The van der Waals surface area contributed by atoms with E-state index in [0.717, 1.165) is 17.3 Å². The molecule has 1 aromatic rings. The molecule has 0 fully saturated rings. The van der Waals surface area contributed by atoms with Gasteiger partial charge in [-0.05, 0) is 23.8 Å². The Bertz CT molecular complexity index is 370. The molecule has 0 aliphatic carbocycles. The predicted octanol–water partition coefficient (Wildman–Crippen LogP) is 1.21. The summed E-state index contributed by atoms with van der Waals surface area (Å²) in [5.74, 6) is -0.957. The van der Waals surface area contributed by atoms with E-state index < -0.39 is 5.97 Å². The van der Waals surface area contributed by atoms with Gasteiger partial charge in [-0.3, -0.25) is 0 Å². The molecule has 0 amide bonds. The van der Waals surface area contributed by atoms with Gasteiger partial charge in [-0.2, -0.15) is 0 Å². The largest absolute Gasteiger partial charge is 0.478 e. The SMILES string of the molecule is CN(CCO)c1ccc(C=CC(=O)O)cc1. The summed E-state index contributed by atoms with van der Waals surface area (Å²) in [6.07, 6.45) is 2.64. The molecule has 0 atom stereocenters. The topological polar surface area (TPSA) is 60.8 Å². The van der Waals surface area contributed by atoms with Gasteiger partial charge in [0.1, 0.15) is 0 Å². The molecular formula is C12H15NO3. The molecule has 0 saturated heterocycles. The number of carboxylic acids is 1. The van der Waals surface area contributed by atoms with Crippen molar-refractivity contribution in [2.24, 2.45) is 0 Å². The van der Waals surface area contributed by atoms with E-state index in [2.05, 4.69) is 0 Å². The van der Waals surface area contributed by atoms with Crippen molar-refractivity contribution >= 4 is 17.7 Å². The molecule has 0 aliphatic rings. The van der Waals surface area contributed by atoms with Crippen LogP contribution in [-0.4, -0.2) is 36.4 Å². The zero-order valence-electron chi connectivity index (χ0n) is 9.13. The first kappa shape index (κ1) is 12.3. The molecule has 0 bridgehead atoms. The molecule has 4 nitrogen and oxygen atoms in total. The molecule has 1 rings (SSSR count). The van der Waals surface area contributed by atoms with Crippen LogP contribution in [0.2, 0.25) is 0 Å². The van der Waals surface area contributed by atoms with Crippen LogP contribution in [-0.2, 0) is 4.79 Å². The van der Waals surface area contributed by atoms with Gasteiger partial charge in [-0.15, -0.1) is 0 Å². The second-order valence-corrected chi connectivity index (χ2v) is 3.41. The number of carboxylic acid groups (broad SMARTS) is 1. The normalized spacial score (nSPS) is 10.6. The summed E-state index contributed by atoms with van der Waals surface area (Å²) in [5, 5.41) is 17.2. The first-order valence-electron chi connectivity index (χ1n) is 4.96. The lowest BCUT2D eigenvalue weighted by Gasteiger charge is -2.17. The third-order valence-corrected chi connectivity index (χ3v) is 2.19. The maximum atomic E-state index is 10.3. The highest BCUT2D eigenvalue weighted by molar-refractivity contribution is 5.85. The van der Waals surface area contributed by atoms with E-state index in [-0.39, 0.29) is 6.61 Å². The fourth-order valence-electron chi connectivity index (χ4n) is 1.29. The summed E-state index contributed by atoms with van der Waals surface area (Å²) < 4.78 is 0. The van der Waals surface area contributed by atoms with Crippen LogP contribution in [0, 0.1) is 0 Å². The van der Waals surface area contributed by atoms with Gasteiger partial charge in [0, 0.05) is 25.4 Å². The zero-order chi connectivity index (χ0) is 12.0. The van der Waals surface area contributed by atoms with Crippen LogP contribution in [0.15, 0.2) is 30.3 Å². The Labute approximate surface area is 94.4 Å². The molecule has 0 aromatic heterocycles. The van der Waals surface area contributed by atoms with Crippen molar-refractivity contribution in [1.29, 1.82) is 0 Å². The van der Waals surface area contributed by atoms with E-state index in [4.69, 9.17) is 10.2 Å². The minimum atomic E-state index is -0.957. The highest BCUT2D eigenvalue weighted by atomic mass is 16.4. The molecule has 16 heavy (non-hydrogen) atoms. The lowest BCUT2D eigenvalue weighted by molar-refractivity contribution is -0.131. The number of aliphatic hydroxyl groups is 1. The number of anilines is 1. The van der Waals surface area contributed by atoms with E-state index >= 15 is 0 Å². The van der Waals surface area contributed by atoms with Crippen LogP contribution >= 0.6 is 0 Å². The Morgan fingerprint density at radius 2 is 2.00 bits per heavy atom. The van der Waals surface area contributed by atoms with Gasteiger partial charge in [0.15, 0.2) is 0 Å². The van der Waals surface area contributed by atoms with Crippen LogP contribution in [0.4, 0.5) is 5.69 Å². The van der Waals surface area contributed by atoms with E-state index in [1.807, 2.05) is 36.2 Å². The zero-order valence-corrected chi connectivity index (χ0v) is 9.13. The van der Waals surface area contributed by atoms with E-state index in [0.29, 0.717) is 6.54 Å². The molecule has 0 unspecified atom stereocenters. The maximum absolute atomic E-state index is 10.3. The highest BCUT2D eigenvalue weighted by Crippen LogP contribution is 2.14. The Morgan fingerprint density at radius 1 is 1.38 bits per heavy atom. The fraction of sp³-hybridized carbons (Fsp3) is 0.250. The first-order valence-corrected chi connectivity index (χ1v) is 4.96. The van der Waals surface area contributed by atoms with Gasteiger partial charge in [0.2, 0.25) is 0 Å². The lowest BCUT2D eigenvalue weighted by Crippen LogP contribution is -2.20. The predicted molar refractivity (Wildman–Crippen MR) is 63.5 cm³/mol. The molecule has 2 N–H and O–H groups in total. The van der Waals surface area contributed by atoms with Crippen molar-refractivity contribution in [3.63, 3.8) is 0 Å². The average molecular weight is 221 g/mol. The van der Waals surface area contributed by atoms with Crippen molar-refractivity contribution in [3.05, 3.63) is 35.9 Å². The number of hydrogen-bond acceptors (Lipinski definition) is 3. The second-order valence-electron chi connectivity index (χ2n) is 3.41. The second kappa shape index (κ2) is 5.92. The van der Waals surface area contributed by atoms with Crippen LogP contribution in [0.1, 0.15) is 5.56 Å². The molecule has 0 radical (unpaired) electrons. The summed E-state index contributed by atoms with van der Waals surface area (Å²) in [6, 6.07) is 7.44. The first-order chi connectivity index (χ1) is 7.63. The monoisotopic (exact) mass is 221 g/mol. The van der Waals surface area contributed by atoms with Crippen molar-refractivity contribution < 1.29 is 15.0 Å². The number of rotatable bonds is 5. The average Bonchev–Trinajstić information content (AvgIpc) is 2.27.